The third-order valence-electron chi connectivity index (χ3n) is 5.09. The molecule has 1 aliphatic rings. The van der Waals surface area contributed by atoms with E-state index in [4.69, 9.17) is 9.26 Å². The normalized spacial score (nSPS) is 15.1. The standard InChI is InChI=1S/C20H20N6O2S/c1-27-15-4-2-14(3-5-15)18-23-17(28-24-18)12-25-7-9-26(10-8-25)19-16-6-11-29-20(16)22-13-21-19/h2-6,11,13H,7-10,12H2,1H3. The molecule has 0 amide bonds. The van der Waals surface area contributed by atoms with Crippen molar-refractivity contribution in [3.05, 3.63) is 47.9 Å². The van der Waals surface area contributed by atoms with Gasteiger partial charge in [0.2, 0.25) is 11.7 Å². The van der Waals surface area contributed by atoms with Crippen LogP contribution in [0, 0.1) is 0 Å². The van der Waals surface area contributed by atoms with Crippen LogP contribution in [0.2, 0.25) is 0 Å². The first-order chi connectivity index (χ1) is 14.3. The molecule has 0 N–H and O–H groups in total. The molecule has 1 saturated heterocycles. The third-order valence-corrected chi connectivity index (χ3v) is 5.91. The molecule has 0 aliphatic carbocycles. The summed E-state index contributed by atoms with van der Waals surface area (Å²) in [6.07, 6.45) is 1.65. The predicted molar refractivity (Wildman–Crippen MR) is 111 cm³/mol. The van der Waals surface area contributed by atoms with Crippen LogP contribution in [-0.2, 0) is 6.54 Å². The fourth-order valence-corrected chi connectivity index (χ4v) is 4.24. The van der Waals surface area contributed by atoms with Gasteiger partial charge in [-0.15, -0.1) is 11.3 Å². The topological polar surface area (TPSA) is 80.4 Å². The van der Waals surface area contributed by atoms with E-state index in [-0.39, 0.29) is 0 Å². The summed E-state index contributed by atoms with van der Waals surface area (Å²) >= 11 is 1.65. The summed E-state index contributed by atoms with van der Waals surface area (Å²) < 4.78 is 10.7. The molecule has 1 fully saturated rings. The van der Waals surface area contributed by atoms with Crippen molar-refractivity contribution in [1.29, 1.82) is 0 Å². The van der Waals surface area contributed by atoms with Crippen LogP contribution in [0.5, 0.6) is 5.75 Å². The van der Waals surface area contributed by atoms with Gasteiger partial charge in [-0.25, -0.2) is 9.97 Å². The van der Waals surface area contributed by atoms with E-state index in [9.17, 15) is 0 Å². The number of ether oxygens (including phenoxy) is 1. The van der Waals surface area contributed by atoms with Gasteiger partial charge in [0.05, 0.1) is 19.0 Å². The zero-order chi connectivity index (χ0) is 19.6. The number of thiophene rings is 1. The van der Waals surface area contributed by atoms with E-state index in [0.717, 1.165) is 53.5 Å². The number of methoxy groups -OCH3 is 1. The summed E-state index contributed by atoms with van der Waals surface area (Å²) in [6, 6.07) is 9.74. The van der Waals surface area contributed by atoms with E-state index in [1.807, 2.05) is 24.3 Å². The third kappa shape index (κ3) is 3.66. The van der Waals surface area contributed by atoms with E-state index < -0.39 is 0 Å². The van der Waals surface area contributed by atoms with Crippen molar-refractivity contribution >= 4 is 27.4 Å². The number of fused-ring (bicyclic) bond motifs is 1. The van der Waals surface area contributed by atoms with Gasteiger partial charge in [-0.2, -0.15) is 4.98 Å². The molecule has 148 valence electrons. The first kappa shape index (κ1) is 18.0. The van der Waals surface area contributed by atoms with E-state index in [0.29, 0.717) is 18.3 Å². The molecule has 8 nitrogen and oxygen atoms in total. The number of nitrogens with zero attached hydrogens (tertiary/aromatic N) is 6. The highest BCUT2D eigenvalue weighted by atomic mass is 32.1. The second kappa shape index (κ2) is 7.76. The van der Waals surface area contributed by atoms with Crippen LogP contribution >= 0.6 is 11.3 Å². The Hall–Kier alpha value is -3.04. The molecule has 1 aromatic carbocycles. The lowest BCUT2D eigenvalue weighted by atomic mass is 10.2. The molecule has 0 radical (unpaired) electrons. The highest BCUT2D eigenvalue weighted by molar-refractivity contribution is 7.16. The fraction of sp³-hybridized carbons (Fsp3) is 0.300. The lowest BCUT2D eigenvalue weighted by Crippen LogP contribution is -2.46. The monoisotopic (exact) mass is 408 g/mol. The van der Waals surface area contributed by atoms with Gasteiger partial charge in [0.25, 0.3) is 0 Å². The molecule has 4 heterocycles. The van der Waals surface area contributed by atoms with Crippen LogP contribution in [-0.4, -0.2) is 58.3 Å². The second-order valence-electron chi connectivity index (χ2n) is 6.84. The van der Waals surface area contributed by atoms with Crippen LogP contribution in [0.1, 0.15) is 5.89 Å². The first-order valence-corrected chi connectivity index (χ1v) is 10.3. The Kier molecular flexibility index (Phi) is 4.82. The molecule has 4 aromatic rings. The summed E-state index contributed by atoms with van der Waals surface area (Å²) in [5.74, 6) is 3.06. The molecular weight excluding hydrogens is 388 g/mol. The number of hydrogen-bond donors (Lipinski definition) is 0. The summed E-state index contributed by atoms with van der Waals surface area (Å²) in [4.78, 5) is 19.1. The summed E-state index contributed by atoms with van der Waals surface area (Å²) in [5.41, 5.74) is 0.911. The van der Waals surface area contributed by atoms with Crippen molar-refractivity contribution in [2.45, 2.75) is 6.54 Å². The largest absolute Gasteiger partial charge is 0.497 e. The van der Waals surface area contributed by atoms with Gasteiger partial charge >= 0.3 is 0 Å². The van der Waals surface area contributed by atoms with E-state index >= 15 is 0 Å². The van der Waals surface area contributed by atoms with Gasteiger partial charge in [0.1, 0.15) is 22.7 Å². The summed E-state index contributed by atoms with van der Waals surface area (Å²) in [6.45, 7) is 4.28. The second-order valence-corrected chi connectivity index (χ2v) is 7.73. The molecule has 0 unspecified atom stereocenters. The number of benzene rings is 1. The molecule has 0 bridgehead atoms. The molecule has 5 rings (SSSR count). The maximum atomic E-state index is 5.47. The molecular formula is C20H20N6O2S. The van der Waals surface area contributed by atoms with Gasteiger partial charge < -0.3 is 14.2 Å². The molecule has 0 atom stereocenters. The average Bonchev–Trinajstić information content (AvgIpc) is 3.44. The minimum absolute atomic E-state index is 0.599. The van der Waals surface area contributed by atoms with E-state index in [1.54, 1.807) is 24.8 Å². The van der Waals surface area contributed by atoms with Crippen LogP contribution in [0.25, 0.3) is 21.6 Å². The Labute approximate surface area is 171 Å². The van der Waals surface area contributed by atoms with Crippen LogP contribution in [0.3, 0.4) is 0 Å². The van der Waals surface area contributed by atoms with Crippen molar-refractivity contribution in [3.63, 3.8) is 0 Å². The predicted octanol–water partition coefficient (Wildman–Crippen LogP) is 3.07. The first-order valence-electron chi connectivity index (χ1n) is 9.43. The van der Waals surface area contributed by atoms with Gasteiger partial charge in [-0.05, 0) is 35.7 Å². The smallest absolute Gasteiger partial charge is 0.241 e. The SMILES string of the molecule is COc1ccc(-c2noc(CN3CCN(c4ncnc5sccc45)CC3)n2)cc1. The van der Waals surface area contributed by atoms with E-state index in [2.05, 4.69) is 41.4 Å². The Bertz CT molecular complexity index is 1100. The van der Waals surface area contributed by atoms with E-state index in [1.165, 1.54) is 0 Å². The molecule has 9 heteroatoms. The minimum Gasteiger partial charge on any atom is -0.497 e. The van der Waals surface area contributed by atoms with Crippen LogP contribution in [0.4, 0.5) is 5.82 Å². The maximum absolute atomic E-state index is 5.47. The Morgan fingerprint density at radius 3 is 2.69 bits per heavy atom. The van der Waals surface area contributed by atoms with Crippen molar-refractivity contribution < 1.29 is 9.26 Å². The highest BCUT2D eigenvalue weighted by Gasteiger charge is 2.22. The molecule has 1 aliphatic heterocycles. The number of rotatable bonds is 5. The van der Waals surface area contributed by atoms with Crippen molar-refractivity contribution in [2.24, 2.45) is 0 Å². The molecule has 3 aromatic heterocycles. The average molecular weight is 408 g/mol. The molecule has 0 spiro atoms. The Balaban J connectivity index is 1.22. The Morgan fingerprint density at radius 2 is 1.90 bits per heavy atom. The lowest BCUT2D eigenvalue weighted by Gasteiger charge is -2.34. The van der Waals surface area contributed by atoms with Gasteiger partial charge in [0.15, 0.2) is 0 Å². The molecule has 0 saturated carbocycles. The Morgan fingerprint density at radius 1 is 1.07 bits per heavy atom. The zero-order valence-corrected chi connectivity index (χ0v) is 16.8. The minimum atomic E-state index is 0.599. The van der Waals surface area contributed by atoms with Crippen molar-refractivity contribution in [1.82, 2.24) is 25.0 Å². The zero-order valence-electron chi connectivity index (χ0n) is 16.0. The van der Waals surface area contributed by atoms with Gasteiger partial charge in [-0.1, -0.05) is 5.16 Å². The van der Waals surface area contributed by atoms with Crippen molar-refractivity contribution in [3.8, 4) is 17.1 Å². The highest BCUT2D eigenvalue weighted by Crippen LogP contribution is 2.27. The lowest BCUT2D eigenvalue weighted by molar-refractivity contribution is 0.215. The van der Waals surface area contributed by atoms with Crippen molar-refractivity contribution in [2.75, 3.05) is 38.2 Å². The summed E-state index contributed by atoms with van der Waals surface area (Å²) in [5, 5.41) is 7.31. The quantitative estimate of drug-likeness (QED) is 0.498. The molecule has 29 heavy (non-hydrogen) atoms. The number of piperazine rings is 1. The number of hydrogen-bond acceptors (Lipinski definition) is 9. The number of anilines is 1. The maximum Gasteiger partial charge on any atom is 0.241 e. The fourth-order valence-electron chi connectivity index (χ4n) is 3.51. The number of aromatic nitrogens is 4. The van der Waals surface area contributed by atoms with Gasteiger partial charge in [0, 0.05) is 31.7 Å². The van der Waals surface area contributed by atoms with Crippen LogP contribution < -0.4 is 9.64 Å². The van der Waals surface area contributed by atoms with Gasteiger partial charge in [-0.3, -0.25) is 4.90 Å². The van der Waals surface area contributed by atoms with Crippen LogP contribution in [0.15, 0.2) is 46.6 Å². The summed E-state index contributed by atoms with van der Waals surface area (Å²) in [7, 11) is 1.65.